The molecule has 2 aromatic carbocycles. The molecular weight excluding hydrogens is 462 g/mol. The number of hydrogen-bond donors (Lipinski definition) is 1. The average Bonchev–Trinajstić information content (AvgIpc) is 3.31. The summed E-state index contributed by atoms with van der Waals surface area (Å²) in [5, 5.41) is 3.04. The Kier molecular flexibility index (Phi) is 6.77. The molecule has 1 saturated heterocycles. The smallest absolute Gasteiger partial charge is 0.265 e. The lowest BCUT2D eigenvalue weighted by Crippen LogP contribution is -2.46. The Bertz CT molecular complexity index is 962. The van der Waals surface area contributed by atoms with E-state index in [2.05, 4.69) is 26.1 Å². The number of carbonyl (C=O) groups excluding carboxylic acids is 2. The number of halogens is 1. The number of methoxy groups -OCH3 is 1. The van der Waals surface area contributed by atoms with Crippen molar-refractivity contribution in [2.75, 3.05) is 44.8 Å². The lowest BCUT2D eigenvalue weighted by atomic mass is 10.0. The number of benzene rings is 2. The minimum Gasteiger partial charge on any atom is -0.496 e. The number of nitrogens with one attached hydrogen (secondary N) is 1. The summed E-state index contributed by atoms with van der Waals surface area (Å²) in [5.41, 5.74) is 1.67. The summed E-state index contributed by atoms with van der Waals surface area (Å²) in [5.74, 6) is 0.969. The average molecular weight is 488 g/mol. The second kappa shape index (κ2) is 9.70. The monoisotopic (exact) mass is 487 g/mol. The summed E-state index contributed by atoms with van der Waals surface area (Å²) >= 11 is 3.41. The molecule has 164 valence electrons. The maximum absolute atomic E-state index is 12.8. The first-order chi connectivity index (χ1) is 15.1. The predicted octanol–water partition coefficient (Wildman–Crippen LogP) is 3.14. The minimum atomic E-state index is -0.231. The van der Waals surface area contributed by atoms with Crippen molar-refractivity contribution in [1.29, 1.82) is 0 Å². The van der Waals surface area contributed by atoms with E-state index in [1.807, 2.05) is 30.3 Å². The highest BCUT2D eigenvalue weighted by atomic mass is 79.9. The minimum absolute atomic E-state index is 0.0197. The van der Waals surface area contributed by atoms with Gasteiger partial charge in [0.15, 0.2) is 6.61 Å². The molecule has 7 nitrogen and oxygen atoms in total. The van der Waals surface area contributed by atoms with Crippen molar-refractivity contribution in [2.24, 2.45) is 0 Å². The third-order valence-electron chi connectivity index (χ3n) is 5.74. The van der Waals surface area contributed by atoms with Crippen molar-refractivity contribution in [3.63, 3.8) is 0 Å². The number of carbonyl (C=O) groups is 2. The van der Waals surface area contributed by atoms with E-state index in [0.29, 0.717) is 18.0 Å². The molecule has 1 atom stereocenters. The van der Waals surface area contributed by atoms with Gasteiger partial charge in [-0.25, -0.2) is 0 Å². The lowest BCUT2D eigenvalue weighted by molar-refractivity contribution is -0.125. The highest BCUT2D eigenvalue weighted by Crippen LogP contribution is 2.34. The van der Waals surface area contributed by atoms with Gasteiger partial charge < -0.3 is 14.8 Å². The van der Waals surface area contributed by atoms with Crippen LogP contribution >= 0.6 is 15.9 Å². The van der Waals surface area contributed by atoms with Gasteiger partial charge in [0.05, 0.1) is 18.8 Å². The number of fused-ring (bicyclic) bond motifs is 1. The fourth-order valence-electron chi connectivity index (χ4n) is 4.19. The standard InChI is InChI=1S/C23H26BrN3O4/c1-30-20-7-3-2-6-17(20)19(26-10-4-5-11-26)13-25-22(28)14-27-18-9-8-16(24)12-21(18)31-15-23(27)29/h2-3,6-9,12,19H,4-5,10-11,13-15H2,1H3,(H,25,28). The van der Waals surface area contributed by atoms with Gasteiger partial charge in [0.1, 0.15) is 18.0 Å². The number of likely N-dealkylation sites (tertiary alicyclic amines) is 1. The number of rotatable bonds is 7. The van der Waals surface area contributed by atoms with Crippen molar-refractivity contribution in [2.45, 2.75) is 18.9 Å². The Morgan fingerprint density at radius 1 is 1.23 bits per heavy atom. The first kappa shape index (κ1) is 21.6. The van der Waals surface area contributed by atoms with Crippen molar-refractivity contribution < 1.29 is 19.1 Å². The molecule has 2 aromatic rings. The van der Waals surface area contributed by atoms with Crippen LogP contribution in [0.2, 0.25) is 0 Å². The van der Waals surface area contributed by atoms with E-state index in [1.165, 1.54) is 4.90 Å². The molecule has 1 fully saturated rings. The molecule has 0 bridgehead atoms. The third-order valence-corrected chi connectivity index (χ3v) is 6.23. The summed E-state index contributed by atoms with van der Waals surface area (Å²) < 4.78 is 11.9. The molecule has 4 rings (SSSR count). The van der Waals surface area contributed by atoms with E-state index in [-0.39, 0.29) is 31.0 Å². The quantitative estimate of drug-likeness (QED) is 0.649. The second-order valence-corrected chi connectivity index (χ2v) is 8.60. The molecule has 0 spiro atoms. The highest BCUT2D eigenvalue weighted by molar-refractivity contribution is 9.10. The number of amides is 2. The van der Waals surface area contributed by atoms with Crippen LogP contribution in [0.25, 0.3) is 0 Å². The Labute approximate surface area is 190 Å². The van der Waals surface area contributed by atoms with Crippen LogP contribution in [-0.4, -0.2) is 56.6 Å². The zero-order chi connectivity index (χ0) is 21.8. The molecule has 1 N–H and O–H groups in total. The topological polar surface area (TPSA) is 71.1 Å². The fourth-order valence-corrected chi connectivity index (χ4v) is 4.53. The molecule has 0 aromatic heterocycles. The zero-order valence-electron chi connectivity index (χ0n) is 17.5. The van der Waals surface area contributed by atoms with Crippen LogP contribution < -0.4 is 19.7 Å². The number of nitrogens with zero attached hydrogens (tertiary/aromatic N) is 2. The van der Waals surface area contributed by atoms with Gasteiger partial charge in [-0.3, -0.25) is 19.4 Å². The first-order valence-electron chi connectivity index (χ1n) is 10.4. The summed E-state index contributed by atoms with van der Waals surface area (Å²) in [7, 11) is 1.66. The SMILES string of the molecule is COc1ccccc1C(CNC(=O)CN1C(=O)COc2cc(Br)ccc21)N1CCCC1. The largest absolute Gasteiger partial charge is 0.496 e. The van der Waals surface area contributed by atoms with Crippen LogP contribution in [0.1, 0.15) is 24.4 Å². The zero-order valence-corrected chi connectivity index (χ0v) is 19.1. The fraction of sp³-hybridized carbons (Fsp3) is 0.391. The van der Waals surface area contributed by atoms with Gasteiger partial charge in [0, 0.05) is 16.6 Å². The summed E-state index contributed by atoms with van der Waals surface area (Å²) in [6.45, 7) is 2.31. The molecule has 2 amide bonds. The first-order valence-corrected chi connectivity index (χ1v) is 11.2. The molecule has 0 radical (unpaired) electrons. The van der Waals surface area contributed by atoms with Gasteiger partial charge in [-0.1, -0.05) is 34.1 Å². The van der Waals surface area contributed by atoms with Crippen LogP contribution in [0.4, 0.5) is 5.69 Å². The number of para-hydroxylation sites is 1. The molecule has 8 heteroatoms. The van der Waals surface area contributed by atoms with E-state index >= 15 is 0 Å². The van der Waals surface area contributed by atoms with Crippen LogP contribution in [0.5, 0.6) is 11.5 Å². The second-order valence-electron chi connectivity index (χ2n) is 7.69. The normalized spacial score (nSPS) is 17.1. The van der Waals surface area contributed by atoms with Crippen LogP contribution in [0, 0.1) is 0 Å². The Morgan fingerprint density at radius 3 is 2.77 bits per heavy atom. The number of ether oxygens (including phenoxy) is 2. The molecule has 1 unspecified atom stereocenters. The van der Waals surface area contributed by atoms with E-state index < -0.39 is 0 Å². The third kappa shape index (κ3) is 4.85. The number of hydrogen-bond acceptors (Lipinski definition) is 5. The van der Waals surface area contributed by atoms with Gasteiger partial charge in [-0.2, -0.15) is 0 Å². The molecule has 2 aliphatic rings. The molecule has 31 heavy (non-hydrogen) atoms. The Balaban J connectivity index is 1.47. The van der Waals surface area contributed by atoms with Crippen molar-refractivity contribution in [1.82, 2.24) is 10.2 Å². The summed E-state index contributed by atoms with van der Waals surface area (Å²) in [4.78, 5) is 29.1. The lowest BCUT2D eigenvalue weighted by Gasteiger charge is -2.31. The van der Waals surface area contributed by atoms with Gasteiger partial charge in [0.2, 0.25) is 5.91 Å². The van der Waals surface area contributed by atoms with Crippen molar-refractivity contribution in [3.05, 3.63) is 52.5 Å². The van der Waals surface area contributed by atoms with E-state index in [1.54, 1.807) is 19.2 Å². The summed E-state index contributed by atoms with van der Waals surface area (Å²) in [6.07, 6.45) is 2.29. The van der Waals surface area contributed by atoms with Gasteiger partial charge in [0.25, 0.3) is 5.91 Å². The van der Waals surface area contributed by atoms with E-state index in [4.69, 9.17) is 9.47 Å². The van der Waals surface area contributed by atoms with Crippen LogP contribution in [-0.2, 0) is 9.59 Å². The van der Waals surface area contributed by atoms with Gasteiger partial charge in [-0.15, -0.1) is 0 Å². The maximum atomic E-state index is 12.8. The maximum Gasteiger partial charge on any atom is 0.265 e. The summed E-state index contributed by atoms with van der Waals surface area (Å²) in [6, 6.07) is 13.4. The van der Waals surface area contributed by atoms with Crippen LogP contribution in [0.15, 0.2) is 46.9 Å². The molecule has 2 aliphatic heterocycles. The molecule has 0 saturated carbocycles. The van der Waals surface area contributed by atoms with E-state index in [9.17, 15) is 9.59 Å². The Morgan fingerprint density at radius 2 is 2.00 bits per heavy atom. The number of anilines is 1. The van der Waals surface area contributed by atoms with Gasteiger partial charge >= 0.3 is 0 Å². The molecular formula is C23H26BrN3O4. The van der Waals surface area contributed by atoms with Gasteiger partial charge in [-0.05, 0) is 50.2 Å². The molecule has 0 aliphatic carbocycles. The van der Waals surface area contributed by atoms with Crippen molar-refractivity contribution in [3.8, 4) is 11.5 Å². The molecule has 2 heterocycles. The van der Waals surface area contributed by atoms with Crippen LogP contribution in [0.3, 0.4) is 0 Å². The van der Waals surface area contributed by atoms with E-state index in [0.717, 1.165) is 41.7 Å². The Hall–Kier alpha value is -2.58. The predicted molar refractivity (Wildman–Crippen MR) is 122 cm³/mol. The van der Waals surface area contributed by atoms with Crippen molar-refractivity contribution >= 4 is 33.4 Å². The highest BCUT2D eigenvalue weighted by Gasteiger charge is 2.29.